The number of nitrogens with one attached hydrogen (secondary N) is 1. The molecule has 0 unspecified atom stereocenters. The minimum absolute atomic E-state index is 0.0213. The molecule has 6 heteroatoms. The number of aromatic nitrogens is 1. The van der Waals surface area contributed by atoms with Gasteiger partial charge in [0, 0.05) is 16.0 Å². The number of anilines is 1. The van der Waals surface area contributed by atoms with Gasteiger partial charge in [0.15, 0.2) is 0 Å². The van der Waals surface area contributed by atoms with Gasteiger partial charge < -0.3 is 10.4 Å². The molecule has 0 fully saturated rings. The number of thiophene rings is 1. The molecule has 0 atom stereocenters. The summed E-state index contributed by atoms with van der Waals surface area (Å²) in [5.41, 5.74) is 0.777. The summed E-state index contributed by atoms with van der Waals surface area (Å²) < 4.78 is 0. The number of carbonyl (C=O) groups excluding carboxylic acids is 1. The second-order valence-electron chi connectivity index (χ2n) is 4.01. The number of aryl methyl sites for hydroxylation is 2. The Morgan fingerprint density at radius 3 is 2.63 bits per heavy atom. The molecule has 2 N–H and O–H groups in total. The topological polar surface area (TPSA) is 79.3 Å². The number of pyridine rings is 1. The molecule has 98 valence electrons. The summed E-state index contributed by atoms with van der Waals surface area (Å²) in [6.07, 6.45) is 2.70. The monoisotopic (exact) mass is 276 g/mol. The number of amides is 1. The van der Waals surface area contributed by atoms with Crippen molar-refractivity contribution in [2.75, 3.05) is 5.32 Å². The fourth-order valence-electron chi connectivity index (χ4n) is 1.73. The second kappa shape index (κ2) is 5.19. The molecule has 0 saturated carbocycles. The van der Waals surface area contributed by atoms with Gasteiger partial charge in [0.2, 0.25) is 0 Å². The molecule has 2 rings (SSSR count). The van der Waals surface area contributed by atoms with E-state index in [4.69, 9.17) is 5.11 Å². The van der Waals surface area contributed by atoms with Crippen molar-refractivity contribution < 1.29 is 14.7 Å². The van der Waals surface area contributed by atoms with Crippen LogP contribution in [0.5, 0.6) is 0 Å². The number of carboxylic acids is 1. The quantitative estimate of drug-likeness (QED) is 0.903. The van der Waals surface area contributed by atoms with Crippen LogP contribution in [0.25, 0.3) is 0 Å². The normalized spacial score (nSPS) is 10.2. The molecule has 0 bridgehead atoms. The van der Waals surface area contributed by atoms with E-state index in [1.807, 2.05) is 13.8 Å². The van der Waals surface area contributed by atoms with Gasteiger partial charge in [0.1, 0.15) is 0 Å². The van der Waals surface area contributed by atoms with Crippen LogP contribution in [0.4, 0.5) is 5.69 Å². The Morgan fingerprint density at radius 1 is 1.32 bits per heavy atom. The predicted octanol–water partition coefficient (Wildman–Crippen LogP) is 2.71. The molecule has 0 spiro atoms. The third kappa shape index (κ3) is 2.79. The Kier molecular flexibility index (Phi) is 3.62. The van der Waals surface area contributed by atoms with Crippen molar-refractivity contribution in [1.29, 1.82) is 0 Å². The van der Waals surface area contributed by atoms with Gasteiger partial charge in [0.05, 0.1) is 23.0 Å². The lowest BCUT2D eigenvalue weighted by Gasteiger charge is -2.07. The van der Waals surface area contributed by atoms with Gasteiger partial charge >= 0.3 is 5.97 Å². The molecule has 2 aromatic heterocycles. The van der Waals surface area contributed by atoms with Crippen LogP contribution in [0.15, 0.2) is 24.5 Å². The van der Waals surface area contributed by atoms with Crippen LogP contribution in [0.2, 0.25) is 0 Å². The zero-order chi connectivity index (χ0) is 14.0. The van der Waals surface area contributed by atoms with Crippen LogP contribution in [0.1, 0.15) is 30.5 Å². The van der Waals surface area contributed by atoms with Crippen molar-refractivity contribution in [3.63, 3.8) is 0 Å². The molecule has 2 aromatic rings. The summed E-state index contributed by atoms with van der Waals surface area (Å²) in [5, 5.41) is 11.6. The van der Waals surface area contributed by atoms with Crippen molar-refractivity contribution in [2.24, 2.45) is 0 Å². The fraction of sp³-hybridized carbons (Fsp3) is 0.154. The molecular weight excluding hydrogens is 264 g/mol. The number of rotatable bonds is 3. The average Bonchev–Trinajstić information content (AvgIpc) is 2.69. The highest BCUT2D eigenvalue weighted by molar-refractivity contribution is 7.12. The molecule has 19 heavy (non-hydrogen) atoms. The van der Waals surface area contributed by atoms with Gasteiger partial charge in [0.25, 0.3) is 5.91 Å². The maximum Gasteiger partial charge on any atom is 0.337 e. The van der Waals surface area contributed by atoms with E-state index in [0.29, 0.717) is 5.56 Å². The van der Waals surface area contributed by atoms with Gasteiger partial charge in [-0.2, -0.15) is 0 Å². The maximum absolute atomic E-state index is 12.1. The molecule has 0 radical (unpaired) electrons. The van der Waals surface area contributed by atoms with Crippen molar-refractivity contribution in [1.82, 2.24) is 4.98 Å². The van der Waals surface area contributed by atoms with E-state index in [2.05, 4.69) is 10.3 Å². The molecule has 0 aromatic carbocycles. The van der Waals surface area contributed by atoms with Crippen LogP contribution < -0.4 is 5.32 Å². The summed E-state index contributed by atoms with van der Waals surface area (Å²) in [4.78, 5) is 28.9. The lowest BCUT2D eigenvalue weighted by molar-refractivity contribution is 0.0698. The number of carbonyl (C=O) groups is 2. The molecule has 1 amide bonds. The van der Waals surface area contributed by atoms with Gasteiger partial charge in [-0.05, 0) is 26.0 Å². The van der Waals surface area contributed by atoms with Gasteiger partial charge in [-0.1, -0.05) is 0 Å². The van der Waals surface area contributed by atoms with E-state index in [1.165, 1.54) is 29.8 Å². The summed E-state index contributed by atoms with van der Waals surface area (Å²) in [7, 11) is 0. The highest BCUT2D eigenvalue weighted by atomic mass is 32.1. The first-order valence-corrected chi connectivity index (χ1v) is 6.36. The van der Waals surface area contributed by atoms with E-state index >= 15 is 0 Å². The highest BCUT2D eigenvalue weighted by Gasteiger charge is 2.16. The number of aromatic carboxylic acids is 1. The number of hydrogen-bond donors (Lipinski definition) is 2. The van der Waals surface area contributed by atoms with Gasteiger partial charge in [-0.3, -0.25) is 9.78 Å². The van der Waals surface area contributed by atoms with E-state index in [9.17, 15) is 9.59 Å². The summed E-state index contributed by atoms with van der Waals surface area (Å²) in [6, 6.07) is 3.13. The Morgan fingerprint density at radius 2 is 2.05 bits per heavy atom. The van der Waals surface area contributed by atoms with Crippen LogP contribution in [-0.4, -0.2) is 22.0 Å². The summed E-state index contributed by atoms with van der Waals surface area (Å²) in [6.45, 7) is 3.77. The molecule has 0 aliphatic rings. The Balaban J connectivity index is 2.29. The van der Waals surface area contributed by atoms with Crippen molar-refractivity contribution >= 4 is 28.9 Å². The zero-order valence-corrected chi connectivity index (χ0v) is 11.2. The second-order valence-corrected chi connectivity index (χ2v) is 5.47. The highest BCUT2D eigenvalue weighted by Crippen LogP contribution is 2.22. The Bertz CT molecular complexity index is 649. The Hall–Kier alpha value is -2.21. The van der Waals surface area contributed by atoms with Crippen molar-refractivity contribution in [2.45, 2.75) is 13.8 Å². The van der Waals surface area contributed by atoms with E-state index in [-0.39, 0.29) is 17.2 Å². The average molecular weight is 276 g/mol. The smallest absolute Gasteiger partial charge is 0.337 e. The summed E-state index contributed by atoms with van der Waals surface area (Å²) >= 11 is 1.53. The maximum atomic E-state index is 12.1. The van der Waals surface area contributed by atoms with Crippen LogP contribution >= 0.6 is 11.3 Å². The minimum atomic E-state index is -1.10. The van der Waals surface area contributed by atoms with Crippen LogP contribution in [-0.2, 0) is 0 Å². The lowest BCUT2D eigenvalue weighted by Crippen LogP contribution is -2.15. The largest absolute Gasteiger partial charge is 0.478 e. The predicted molar refractivity (Wildman–Crippen MR) is 72.9 cm³/mol. The molecule has 5 nitrogen and oxygen atoms in total. The number of carboxylic acid groups (broad SMARTS) is 1. The van der Waals surface area contributed by atoms with Crippen LogP contribution in [0.3, 0.4) is 0 Å². The van der Waals surface area contributed by atoms with Crippen molar-refractivity contribution in [3.8, 4) is 0 Å². The standard InChI is InChI=1S/C13H12N2O3S/c1-7-5-10(8(2)19-7)12(16)15-11-6-14-4-3-9(11)13(17)18/h3-6H,1-2H3,(H,15,16)(H,17,18). The fourth-order valence-corrected chi connectivity index (χ4v) is 2.65. The van der Waals surface area contributed by atoms with Gasteiger partial charge in [-0.25, -0.2) is 4.79 Å². The van der Waals surface area contributed by atoms with E-state index < -0.39 is 5.97 Å². The van der Waals surface area contributed by atoms with E-state index in [1.54, 1.807) is 6.07 Å². The SMILES string of the molecule is Cc1cc(C(=O)Nc2cnccc2C(=O)O)c(C)s1. The Labute approximate surface area is 113 Å². The first kappa shape index (κ1) is 13.2. The minimum Gasteiger partial charge on any atom is -0.478 e. The first-order valence-electron chi connectivity index (χ1n) is 5.54. The molecule has 0 aliphatic carbocycles. The molecule has 0 aliphatic heterocycles. The van der Waals surface area contributed by atoms with Crippen molar-refractivity contribution in [3.05, 3.63) is 45.4 Å². The third-order valence-corrected chi connectivity index (χ3v) is 3.55. The number of hydrogen-bond acceptors (Lipinski definition) is 4. The first-order chi connectivity index (χ1) is 8.99. The number of nitrogens with zero attached hydrogens (tertiary/aromatic N) is 1. The molecule has 0 saturated heterocycles. The lowest BCUT2D eigenvalue weighted by atomic mass is 10.2. The van der Waals surface area contributed by atoms with Gasteiger partial charge in [-0.15, -0.1) is 11.3 Å². The summed E-state index contributed by atoms with van der Waals surface area (Å²) in [5.74, 6) is -1.42. The van der Waals surface area contributed by atoms with Crippen LogP contribution in [0, 0.1) is 13.8 Å². The molecule has 2 heterocycles. The van der Waals surface area contributed by atoms with E-state index in [0.717, 1.165) is 9.75 Å². The zero-order valence-electron chi connectivity index (χ0n) is 10.4. The molecular formula is C13H12N2O3S. The third-order valence-electron chi connectivity index (χ3n) is 2.59.